The summed E-state index contributed by atoms with van der Waals surface area (Å²) in [5.41, 5.74) is 1.30. The molecule has 2 rings (SSSR count). The number of aromatic nitrogens is 1. The second-order valence-corrected chi connectivity index (χ2v) is 7.15. The van der Waals surface area contributed by atoms with Gasteiger partial charge in [-0.15, -0.1) is 0 Å². The molecule has 0 fully saturated rings. The minimum absolute atomic E-state index is 0.351. The monoisotopic (exact) mass is 279 g/mol. The molecule has 0 aliphatic carbocycles. The van der Waals surface area contributed by atoms with Gasteiger partial charge in [0.25, 0.3) is 0 Å². The van der Waals surface area contributed by atoms with Gasteiger partial charge in [-0.2, -0.15) is 0 Å². The van der Waals surface area contributed by atoms with E-state index in [1.807, 2.05) is 23.9 Å². The molecule has 0 amide bonds. The van der Waals surface area contributed by atoms with E-state index in [9.17, 15) is 0 Å². The maximum absolute atomic E-state index is 5.04. The number of hydrogen-bond donors (Lipinski definition) is 1. The Labute approximate surface area is 119 Å². The number of aliphatic imine (C=N–C) groups is 1. The Hall–Kier alpha value is -1.23. The largest absolute Gasteiger partial charge is 0.481 e. The van der Waals surface area contributed by atoms with E-state index in [4.69, 9.17) is 4.74 Å². The summed E-state index contributed by atoms with van der Waals surface area (Å²) in [5, 5.41) is 4.87. The second kappa shape index (κ2) is 5.82. The number of amidine groups is 1. The van der Waals surface area contributed by atoms with Crippen molar-refractivity contribution in [2.75, 3.05) is 19.0 Å². The molecule has 1 aliphatic rings. The summed E-state index contributed by atoms with van der Waals surface area (Å²) in [4.78, 5) is 8.72. The van der Waals surface area contributed by atoms with Crippen molar-refractivity contribution in [3.63, 3.8) is 0 Å². The number of ether oxygens (including phenoxy) is 1. The molecular weight excluding hydrogens is 258 g/mol. The van der Waals surface area contributed by atoms with Gasteiger partial charge < -0.3 is 10.1 Å². The van der Waals surface area contributed by atoms with Crippen LogP contribution in [0, 0.1) is 5.41 Å². The average molecular weight is 279 g/mol. The SMILES string of the molecule is COc1ccc(NC2=NCC(CC(C)(C)C)S2)cn1. The van der Waals surface area contributed by atoms with Gasteiger partial charge in [-0.25, -0.2) is 4.98 Å². The van der Waals surface area contributed by atoms with Crippen LogP contribution in [0.1, 0.15) is 27.2 Å². The van der Waals surface area contributed by atoms with Crippen molar-refractivity contribution < 1.29 is 4.74 Å². The molecular formula is C14H21N3OS. The van der Waals surface area contributed by atoms with Crippen molar-refractivity contribution in [2.45, 2.75) is 32.4 Å². The van der Waals surface area contributed by atoms with Gasteiger partial charge in [-0.1, -0.05) is 32.5 Å². The van der Waals surface area contributed by atoms with Crippen LogP contribution in [0.5, 0.6) is 5.88 Å². The molecule has 1 aliphatic heterocycles. The lowest BCUT2D eigenvalue weighted by molar-refractivity contribution is 0.375. The Morgan fingerprint density at radius 1 is 1.42 bits per heavy atom. The average Bonchev–Trinajstić information content (AvgIpc) is 2.75. The fraction of sp³-hybridized carbons (Fsp3) is 0.571. The summed E-state index contributed by atoms with van der Waals surface area (Å²) >= 11 is 1.82. The number of nitrogens with zero attached hydrogens (tertiary/aromatic N) is 2. The number of pyridine rings is 1. The lowest BCUT2D eigenvalue weighted by Gasteiger charge is -2.21. The molecule has 19 heavy (non-hydrogen) atoms. The van der Waals surface area contributed by atoms with E-state index in [1.165, 1.54) is 6.42 Å². The van der Waals surface area contributed by atoms with Crippen LogP contribution in [0.25, 0.3) is 0 Å². The number of nitrogens with one attached hydrogen (secondary N) is 1. The quantitative estimate of drug-likeness (QED) is 0.921. The van der Waals surface area contributed by atoms with E-state index < -0.39 is 0 Å². The Kier molecular flexibility index (Phi) is 4.34. The van der Waals surface area contributed by atoms with E-state index in [0.29, 0.717) is 16.5 Å². The molecule has 1 N–H and O–H groups in total. The van der Waals surface area contributed by atoms with Gasteiger partial charge >= 0.3 is 0 Å². The van der Waals surface area contributed by atoms with Crippen molar-refractivity contribution in [3.8, 4) is 5.88 Å². The van der Waals surface area contributed by atoms with Gasteiger partial charge in [-0.05, 0) is 17.9 Å². The van der Waals surface area contributed by atoms with Gasteiger partial charge in [0, 0.05) is 11.3 Å². The molecule has 4 nitrogen and oxygen atoms in total. The van der Waals surface area contributed by atoms with E-state index in [0.717, 1.165) is 17.4 Å². The van der Waals surface area contributed by atoms with Crippen LogP contribution in [0.3, 0.4) is 0 Å². The Bertz CT molecular complexity index is 451. The molecule has 0 saturated carbocycles. The van der Waals surface area contributed by atoms with Gasteiger partial charge in [0.05, 0.1) is 25.5 Å². The van der Waals surface area contributed by atoms with E-state index >= 15 is 0 Å². The smallest absolute Gasteiger partial charge is 0.213 e. The Morgan fingerprint density at radius 3 is 2.79 bits per heavy atom. The summed E-state index contributed by atoms with van der Waals surface area (Å²) in [6.07, 6.45) is 2.94. The minimum Gasteiger partial charge on any atom is -0.481 e. The van der Waals surface area contributed by atoms with Crippen molar-refractivity contribution in [1.29, 1.82) is 0 Å². The molecule has 1 unspecified atom stereocenters. The number of thioether (sulfide) groups is 1. The second-order valence-electron chi connectivity index (χ2n) is 5.86. The lowest BCUT2D eigenvalue weighted by Crippen LogP contribution is -2.16. The van der Waals surface area contributed by atoms with Crippen LogP contribution in [-0.2, 0) is 0 Å². The zero-order valence-electron chi connectivity index (χ0n) is 11.9. The lowest BCUT2D eigenvalue weighted by atomic mass is 9.90. The molecule has 0 radical (unpaired) electrons. The molecule has 0 saturated heterocycles. The van der Waals surface area contributed by atoms with Crippen LogP contribution < -0.4 is 10.1 Å². The number of methoxy groups -OCH3 is 1. The maximum Gasteiger partial charge on any atom is 0.213 e. The normalized spacial score (nSPS) is 19.2. The number of rotatable bonds is 3. The molecule has 1 aromatic rings. The summed E-state index contributed by atoms with van der Waals surface area (Å²) in [6, 6.07) is 3.79. The fourth-order valence-electron chi connectivity index (χ4n) is 1.97. The molecule has 1 aromatic heterocycles. The van der Waals surface area contributed by atoms with E-state index in [1.54, 1.807) is 13.3 Å². The third kappa shape index (κ3) is 4.42. The highest BCUT2D eigenvalue weighted by molar-refractivity contribution is 8.15. The zero-order valence-corrected chi connectivity index (χ0v) is 12.8. The molecule has 0 aromatic carbocycles. The van der Waals surface area contributed by atoms with Gasteiger partial charge in [0.15, 0.2) is 5.17 Å². The van der Waals surface area contributed by atoms with Crippen molar-refractivity contribution in [3.05, 3.63) is 18.3 Å². The summed E-state index contributed by atoms with van der Waals surface area (Å²) in [5.74, 6) is 0.622. The standard InChI is InChI=1S/C14H21N3OS/c1-14(2,3)7-11-9-16-13(19-11)17-10-5-6-12(18-4)15-8-10/h5-6,8,11H,7,9H2,1-4H3,(H,16,17). The predicted octanol–water partition coefficient (Wildman–Crippen LogP) is 3.41. The van der Waals surface area contributed by atoms with Crippen LogP contribution >= 0.6 is 11.8 Å². The number of hydrogen-bond acceptors (Lipinski definition) is 5. The van der Waals surface area contributed by atoms with Crippen LogP contribution in [0.4, 0.5) is 5.69 Å². The highest BCUT2D eigenvalue weighted by Gasteiger charge is 2.24. The third-order valence-corrected chi connectivity index (χ3v) is 3.86. The maximum atomic E-state index is 5.04. The van der Waals surface area contributed by atoms with Crippen molar-refractivity contribution in [2.24, 2.45) is 10.4 Å². The Balaban J connectivity index is 1.87. The van der Waals surface area contributed by atoms with Crippen molar-refractivity contribution in [1.82, 2.24) is 4.98 Å². The number of anilines is 1. The van der Waals surface area contributed by atoms with Gasteiger partial charge in [0.1, 0.15) is 0 Å². The first-order chi connectivity index (χ1) is 8.96. The highest BCUT2D eigenvalue weighted by atomic mass is 32.2. The van der Waals surface area contributed by atoms with Crippen molar-refractivity contribution >= 4 is 22.6 Å². The highest BCUT2D eigenvalue weighted by Crippen LogP contribution is 2.32. The molecule has 0 spiro atoms. The van der Waals surface area contributed by atoms with Gasteiger partial charge in [-0.3, -0.25) is 4.99 Å². The molecule has 0 bridgehead atoms. The Morgan fingerprint density at radius 2 is 2.21 bits per heavy atom. The van der Waals surface area contributed by atoms with E-state index in [2.05, 4.69) is 36.1 Å². The molecule has 2 heterocycles. The first-order valence-corrected chi connectivity index (χ1v) is 7.32. The fourth-order valence-corrected chi connectivity index (χ4v) is 3.35. The molecule has 1 atom stereocenters. The summed E-state index contributed by atoms with van der Waals surface area (Å²) in [6.45, 7) is 7.71. The van der Waals surface area contributed by atoms with Crippen LogP contribution in [0.2, 0.25) is 0 Å². The van der Waals surface area contributed by atoms with E-state index in [-0.39, 0.29) is 0 Å². The third-order valence-electron chi connectivity index (χ3n) is 2.75. The minimum atomic E-state index is 0.351. The molecule has 5 heteroatoms. The molecule has 104 valence electrons. The van der Waals surface area contributed by atoms with Crippen LogP contribution in [0.15, 0.2) is 23.3 Å². The summed E-state index contributed by atoms with van der Waals surface area (Å²) in [7, 11) is 1.61. The first kappa shape index (κ1) is 14.2. The van der Waals surface area contributed by atoms with Crippen LogP contribution in [-0.4, -0.2) is 29.1 Å². The topological polar surface area (TPSA) is 46.5 Å². The predicted molar refractivity (Wildman–Crippen MR) is 82.2 cm³/mol. The summed E-state index contributed by atoms with van der Waals surface area (Å²) < 4.78 is 5.04. The first-order valence-electron chi connectivity index (χ1n) is 6.44. The van der Waals surface area contributed by atoms with Gasteiger partial charge in [0.2, 0.25) is 5.88 Å². The zero-order chi connectivity index (χ0) is 13.9.